The molecule has 1 amide bonds. The average Bonchev–Trinajstić information content (AvgIpc) is 3.31. The Hall–Kier alpha value is -4.23. The number of para-hydroxylation sites is 1. The fraction of sp³-hybridized carbons (Fsp3) is 0.0385. The highest BCUT2D eigenvalue weighted by atomic mass is 32.1. The minimum Gasteiger partial charge on any atom is -0.496 e. The number of carbonyl (C=O) groups is 1. The summed E-state index contributed by atoms with van der Waals surface area (Å²) in [7, 11) is 1.54. The molecule has 1 N–H and O–H groups in total. The Bertz CT molecular complexity index is 1420. The van der Waals surface area contributed by atoms with Gasteiger partial charge in [0.25, 0.3) is 5.91 Å². The van der Waals surface area contributed by atoms with Gasteiger partial charge in [-0.1, -0.05) is 42.5 Å². The van der Waals surface area contributed by atoms with E-state index < -0.39 is 0 Å². The fourth-order valence-electron chi connectivity index (χ4n) is 3.41. The summed E-state index contributed by atoms with van der Waals surface area (Å²) in [5, 5.41) is 3.73. The molecule has 2 aromatic heterocycles. The highest BCUT2D eigenvalue weighted by Gasteiger charge is 2.13. The van der Waals surface area contributed by atoms with E-state index in [-0.39, 0.29) is 5.91 Å². The molecule has 0 fully saturated rings. The first kappa shape index (κ1) is 20.7. The van der Waals surface area contributed by atoms with Crippen LogP contribution in [0.1, 0.15) is 10.4 Å². The molecule has 3 aromatic carbocycles. The number of benzene rings is 3. The number of amides is 1. The molecule has 0 unspecified atom stereocenters. The molecule has 162 valence electrons. The maximum atomic E-state index is 12.6. The van der Waals surface area contributed by atoms with Gasteiger partial charge >= 0.3 is 0 Å². The average molecular weight is 454 g/mol. The lowest BCUT2D eigenvalue weighted by atomic mass is 10.2. The molecule has 0 spiro atoms. The number of ether oxygens (including phenoxy) is 2. The molecule has 0 saturated carbocycles. The lowest BCUT2D eigenvalue weighted by Gasteiger charge is -2.10. The Morgan fingerprint density at radius 3 is 2.45 bits per heavy atom. The zero-order valence-corrected chi connectivity index (χ0v) is 18.5. The van der Waals surface area contributed by atoms with E-state index in [0.29, 0.717) is 28.6 Å². The maximum Gasteiger partial charge on any atom is 0.259 e. The van der Waals surface area contributed by atoms with E-state index >= 15 is 0 Å². The zero-order chi connectivity index (χ0) is 22.6. The summed E-state index contributed by atoms with van der Waals surface area (Å²) >= 11 is 1.60. The largest absolute Gasteiger partial charge is 0.496 e. The van der Waals surface area contributed by atoms with E-state index in [1.54, 1.807) is 60.9 Å². The van der Waals surface area contributed by atoms with Crippen molar-refractivity contribution in [3.63, 3.8) is 0 Å². The van der Waals surface area contributed by atoms with Gasteiger partial charge in [0.2, 0.25) is 5.88 Å². The second-order valence-electron chi connectivity index (χ2n) is 7.16. The van der Waals surface area contributed by atoms with Crippen LogP contribution in [0.25, 0.3) is 20.7 Å². The Labute approximate surface area is 194 Å². The van der Waals surface area contributed by atoms with Crippen LogP contribution in [0.5, 0.6) is 17.4 Å². The molecule has 7 heteroatoms. The summed E-state index contributed by atoms with van der Waals surface area (Å²) in [5.74, 6) is 1.38. The van der Waals surface area contributed by atoms with Crippen molar-refractivity contribution in [2.45, 2.75) is 0 Å². The summed E-state index contributed by atoms with van der Waals surface area (Å²) < 4.78 is 11.3. The van der Waals surface area contributed by atoms with E-state index in [1.807, 2.05) is 30.3 Å². The van der Waals surface area contributed by atoms with Crippen molar-refractivity contribution in [1.82, 2.24) is 9.97 Å². The number of thiophene rings is 1. The molecule has 5 rings (SSSR count). The van der Waals surface area contributed by atoms with E-state index in [9.17, 15) is 4.79 Å². The standard InChI is InChI=1S/C26H19N3O3S/c1-31-22-10-6-5-9-20(22)24(30)29-18-11-13-19(14-12-18)32-25-21-15-23(17-7-3-2-4-8-17)33-26(21)28-16-27-25/h2-16H,1H3,(H,29,30). The van der Waals surface area contributed by atoms with Gasteiger partial charge in [0.1, 0.15) is 22.7 Å². The number of carbonyl (C=O) groups excluding carboxylic acids is 1. The first-order chi connectivity index (χ1) is 16.2. The summed E-state index contributed by atoms with van der Waals surface area (Å²) in [6.07, 6.45) is 1.50. The lowest BCUT2D eigenvalue weighted by Crippen LogP contribution is -2.12. The number of nitrogens with one attached hydrogen (secondary N) is 1. The van der Waals surface area contributed by atoms with Crippen molar-refractivity contribution < 1.29 is 14.3 Å². The second-order valence-corrected chi connectivity index (χ2v) is 8.19. The first-order valence-electron chi connectivity index (χ1n) is 10.2. The lowest BCUT2D eigenvalue weighted by molar-refractivity contribution is 0.102. The first-order valence-corrected chi connectivity index (χ1v) is 11.0. The van der Waals surface area contributed by atoms with Gasteiger partial charge in [0.15, 0.2) is 0 Å². The van der Waals surface area contributed by atoms with Crippen LogP contribution in [0.3, 0.4) is 0 Å². The van der Waals surface area contributed by atoms with Gasteiger partial charge in [0.05, 0.1) is 18.1 Å². The van der Waals surface area contributed by atoms with Crippen LogP contribution >= 0.6 is 11.3 Å². The van der Waals surface area contributed by atoms with Gasteiger partial charge in [-0.15, -0.1) is 11.3 Å². The van der Waals surface area contributed by atoms with Crippen molar-refractivity contribution in [2.24, 2.45) is 0 Å². The van der Waals surface area contributed by atoms with Crippen molar-refractivity contribution in [1.29, 1.82) is 0 Å². The van der Waals surface area contributed by atoms with Crippen molar-refractivity contribution >= 4 is 33.1 Å². The van der Waals surface area contributed by atoms with Gasteiger partial charge in [-0.3, -0.25) is 4.79 Å². The highest BCUT2D eigenvalue weighted by Crippen LogP contribution is 2.37. The number of anilines is 1. The molecular formula is C26H19N3O3S. The van der Waals surface area contributed by atoms with Crippen LogP contribution in [0.15, 0.2) is 91.3 Å². The molecule has 0 bridgehead atoms. The Morgan fingerprint density at radius 1 is 0.909 bits per heavy atom. The Kier molecular flexibility index (Phi) is 5.70. The monoisotopic (exact) mass is 453 g/mol. The van der Waals surface area contributed by atoms with Gasteiger partial charge in [-0.2, -0.15) is 0 Å². The summed E-state index contributed by atoms with van der Waals surface area (Å²) in [6.45, 7) is 0. The number of aromatic nitrogens is 2. The Balaban J connectivity index is 1.34. The Morgan fingerprint density at radius 2 is 1.67 bits per heavy atom. The second kappa shape index (κ2) is 9.10. The summed E-state index contributed by atoms with van der Waals surface area (Å²) in [5.41, 5.74) is 2.24. The smallest absolute Gasteiger partial charge is 0.259 e. The van der Waals surface area contributed by atoms with E-state index in [4.69, 9.17) is 9.47 Å². The number of hydrogen-bond acceptors (Lipinski definition) is 6. The summed E-state index contributed by atoms with van der Waals surface area (Å²) in [6, 6.07) is 26.4. The minimum atomic E-state index is -0.245. The van der Waals surface area contributed by atoms with E-state index in [1.165, 1.54) is 6.33 Å². The minimum absolute atomic E-state index is 0.245. The maximum absolute atomic E-state index is 12.6. The molecule has 5 aromatic rings. The quantitative estimate of drug-likeness (QED) is 0.321. The molecule has 6 nitrogen and oxygen atoms in total. The number of rotatable bonds is 6. The van der Waals surface area contributed by atoms with Crippen LogP contribution in [0.2, 0.25) is 0 Å². The van der Waals surface area contributed by atoms with Crippen LogP contribution in [-0.2, 0) is 0 Å². The third-order valence-corrected chi connectivity index (χ3v) is 6.12. The summed E-state index contributed by atoms with van der Waals surface area (Å²) in [4.78, 5) is 23.3. The molecule has 0 radical (unpaired) electrons. The SMILES string of the molecule is COc1ccccc1C(=O)Nc1ccc(Oc2ncnc3sc(-c4ccccc4)cc23)cc1. The third kappa shape index (κ3) is 4.40. The van der Waals surface area contributed by atoms with Gasteiger partial charge < -0.3 is 14.8 Å². The molecule has 2 heterocycles. The van der Waals surface area contributed by atoms with Crippen molar-refractivity contribution in [2.75, 3.05) is 12.4 Å². The van der Waals surface area contributed by atoms with Crippen molar-refractivity contribution in [3.05, 3.63) is 96.8 Å². The van der Waals surface area contributed by atoms with Gasteiger partial charge in [-0.25, -0.2) is 9.97 Å². The van der Waals surface area contributed by atoms with E-state index in [2.05, 4.69) is 27.4 Å². The molecular weight excluding hydrogens is 434 g/mol. The van der Waals surface area contributed by atoms with Crippen LogP contribution < -0.4 is 14.8 Å². The normalized spacial score (nSPS) is 10.7. The molecule has 0 aliphatic carbocycles. The van der Waals surface area contributed by atoms with Crippen LogP contribution in [0, 0.1) is 0 Å². The number of methoxy groups -OCH3 is 1. The predicted molar refractivity (Wildman–Crippen MR) is 130 cm³/mol. The molecule has 33 heavy (non-hydrogen) atoms. The highest BCUT2D eigenvalue weighted by molar-refractivity contribution is 7.21. The van der Waals surface area contributed by atoms with E-state index in [0.717, 1.165) is 20.7 Å². The molecule has 0 aliphatic heterocycles. The fourth-order valence-corrected chi connectivity index (χ4v) is 4.40. The molecule has 0 aliphatic rings. The van der Waals surface area contributed by atoms with Gasteiger partial charge in [-0.05, 0) is 48.0 Å². The molecule has 0 atom stereocenters. The topological polar surface area (TPSA) is 73.3 Å². The van der Waals surface area contributed by atoms with Crippen molar-refractivity contribution in [3.8, 4) is 27.8 Å². The van der Waals surface area contributed by atoms with Crippen LogP contribution in [0.4, 0.5) is 5.69 Å². The number of fused-ring (bicyclic) bond motifs is 1. The van der Waals surface area contributed by atoms with Crippen LogP contribution in [-0.4, -0.2) is 23.0 Å². The predicted octanol–water partition coefficient (Wildman–Crippen LogP) is 6.41. The molecule has 0 saturated heterocycles. The number of nitrogens with zero attached hydrogens (tertiary/aromatic N) is 2. The van der Waals surface area contributed by atoms with Gasteiger partial charge in [0, 0.05) is 10.6 Å². The zero-order valence-electron chi connectivity index (χ0n) is 17.7. The number of hydrogen-bond donors (Lipinski definition) is 1. The third-order valence-electron chi connectivity index (χ3n) is 5.03.